The van der Waals surface area contributed by atoms with Gasteiger partial charge in [-0.2, -0.15) is 0 Å². The van der Waals surface area contributed by atoms with Crippen LogP contribution in [0.4, 0.5) is 5.69 Å². The van der Waals surface area contributed by atoms with Crippen molar-refractivity contribution in [3.63, 3.8) is 0 Å². The van der Waals surface area contributed by atoms with E-state index in [0.717, 1.165) is 21.9 Å². The predicted octanol–water partition coefficient (Wildman–Crippen LogP) is 4.51. The zero-order valence-electron chi connectivity index (χ0n) is 17.7. The normalized spacial score (nSPS) is 13.8. The number of benzene rings is 1. The number of allylic oxidation sites excluding steroid dienone is 2. The number of hydrogen-bond donors (Lipinski definition) is 0. The van der Waals surface area contributed by atoms with E-state index in [-0.39, 0.29) is 11.0 Å². The molecule has 1 aromatic rings. The summed E-state index contributed by atoms with van der Waals surface area (Å²) in [6, 6.07) is 6.35. The summed E-state index contributed by atoms with van der Waals surface area (Å²) in [5.41, 5.74) is 2.67. The quantitative estimate of drug-likeness (QED) is 0.796. The molecule has 0 aliphatic rings. The monoisotopic (exact) mass is 340 g/mol. The molecule has 0 heterocycles. The molecule has 1 aromatic carbocycles. The van der Waals surface area contributed by atoms with Crippen LogP contribution in [0.25, 0.3) is 12.7 Å². The molecule has 0 aromatic heterocycles. The van der Waals surface area contributed by atoms with E-state index in [4.69, 9.17) is 0 Å². The van der Waals surface area contributed by atoms with E-state index < -0.39 is 0 Å². The van der Waals surface area contributed by atoms with Gasteiger partial charge in [-0.15, -0.1) is 0 Å². The minimum absolute atomic E-state index is 0.0269. The number of nitrogens with zero attached hydrogens (tertiary/aromatic N) is 2. The van der Waals surface area contributed by atoms with Gasteiger partial charge in [-0.3, -0.25) is 0 Å². The molecule has 2 nitrogen and oxygen atoms in total. The van der Waals surface area contributed by atoms with Gasteiger partial charge in [0.2, 0.25) is 0 Å². The molecule has 0 N–H and O–H groups in total. The topological polar surface area (TPSA) is 6.48 Å². The molecule has 0 bridgehead atoms. The van der Waals surface area contributed by atoms with Crippen molar-refractivity contribution < 1.29 is 0 Å². The molecule has 0 unspecified atom stereocenters. The molecule has 25 heavy (non-hydrogen) atoms. The van der Waals surface area contributed by atoms with Crippen LogP contribution >= 0.6 is 0 Å². The highest BCUT2D eigenvalue weighted by atomic mass is 15.3. The maximum atomic E-state index is 4.27. The van der Waals surface area contributed by atoms with Gasteiger partial charge in [0.05, 0.1) is 0 Å². The summed E-state index contributed by atoms with van der Waals surface area (Å²) in [4.78, 5) is 4.32. The van der Waals surface area contributed by atoms with Gasteiger partial charge >= 0.3 is 0 Å². The average Bonchev–Trinajstić information content (AvgIpc) is 2.49. The standard InChI is InChI=1S/C23H36N2/c1-17-12-15-21(24(10)19(3)25(11)23(7,8)9)16-20(17)14-13-18(2)22(4,5)6/h12-16H,1,3H2,2,4-11H3/b18-13+,20-14-. The van der Waals surface area contributed by atoms with Gasteiger partial charge in [0.1, 0.15) is 5.82 Å². The van der Waals surface area contributed by atoms with E-state index in [2.05, 4.69) is 116 Å². The van der Waals surface area contributed by atoms with Crippen molar-refractivity contribution in [3.05, 3.63) is 52.7 Å². The van der Waals surface area contributed by atoms with E-state index in [9.17, 15) is 0 Å². The Bertz CT molecular complexity index is 755. The number of hydrogen-bond acceptors (Lipinski definition) is 2. The van der Waals surface area contributed by atoms with Crippen LogP contribution in [0, 0.1) is 5.41 Å². The molecule has 2 heteroatoms. The van der Waals surface area contributed by atoms with E-state index in [0.29, 0.717) is 0 Å². The van der Waals surface area contributed by atoms with E-state index in [1.165, 1.54) is 5.57 Å². The van der Waals surface area contributed by atoms with Gasteiger partial charge in [0.25, 0.3) is 0 Å². The van der Waals surface area contributed by atoms with Crippen molar-refractivity contribution in [3.8, 4) is 0 Å². The Morgan fingerprint density at radius 2 is 1.60 bits per heavy atom. The first-order valence-electron chi connectivity index (χ1n) is 8.89. The lowest BCUT2D eigenvalue weighted by Crippen LogP contribution is -2.42. The van der Waals surface area contributed by atoms with Gasteiger partial charge in [-0.05, 0) is 55.7 Å². The molecule has 1 rings (SSSR count). The fraction of sp³-hybridized carbons (Fsp3) is 0.478. The first kappa shape index (κ1) is 21.1. The van der Waals surface area contributed by atoms with Crippen LogP contribution in [-0.4, -0.2) is 24.5 Å². The third-order valence-electron chi connectivity index (χ3n) is 4.99. The highest BCUT2D eigenvalue weighted by Gasteiger charge is 2.21. The van der Waals surface area contributed by atoms with Crippen LogP contribution in [0.3, 0.4) is 0 Å². The van der Waals surface area contributed by atoms with Gasteiger partial charge in [-0.25, -0.2) is 0 Å². The highest BCUT2D eigenvalue weighted by molar-refractivity contribution is 5.53. The van der Waals surface area contributed by atoms with Crippen LogP contribution in [0.1, 0.15) is 48.5 Å². The minimum Gasteiger partial charge on any atom is -0.357 e. The lowest BCUT2D eigenvalue weighted by Gasteiger charge is -2.39. The van der Waals surface area contributed by atoms with Crippen LogP contribution in [0.15, 0.2) is 42.2 Å². The Morgan fingerprint density at radius 1 is 1.04 bits per heavy atom. The molecule has 0 saturated heterocycles. The fourth-order valence-electron chi connectivity index (χ4n) is 2.17. The second kappa shape index (κ2) is 7.51. The Kier molecular flexibility index (Phi) is 6.33. The summed E-state index contributed by atoms with van der Waals surface area (Å²) in [7, 11) is 4.14. The van der Waals surface area contributed by atoms with Crippen LogP contribution in [0.2, 0.25) is 0 Å². The summed E-state index contributed by atoms with van der Waals surface area (Å²) in [6.07, 6.45) is 4.36. The summed E-state index contributed by atoms with van der Waals surface area (Å²) < 4.78 is 0. The van der Waals surface area contributed by atoms with Crippen molar-refractivity contribution in [2.45, 2.75) is 54.0 Å². The highest BCUT2D eigenvalue weighted by Crippen LogP contribution is 2.24. The van der Waals surface area contributed by atoms with Crippen LogP contribution < -0.4 is 15.3 Å². The Hall–Kier alpha value is -1.96. The molecule has 0 saturated carbocycles. The second-order valence-electron chi connectivity index (χ2n) is 8.85. The Morgan fingerprint density at radius 3 is 2.08 bits per heavy atom. The summed E-state index contributed by atoms with van der Waals surface area (Å²) in [6.45, 7) is 23.9. The molecular formula is C23H36N2. The molecule has 0 radical (unpaired) electrons. The number of anilines is 1. The molecule has 0 amide bonds. The lowest BCUT2D eigenvalue weighted by molar-refractivity contribution is 0.224. The molecular weight excluding hydrogens is 304 g/mol. The van der Waals surface area contributed by atoms with Gasteiger partial charge in [0, 0.05) is 25.3 Å². The van der Waals surface area contributed by atoms with Crippen molar-refractivity contribution in [2.24, 2.45) is 5.41 Å². The zero-order valence-corrected chi connectivity index (χ0v) is 17.7. The van der Waals surface area contributed by atoms with Crippen molar-refractivity contribution in [1.82, 2.24) is 4.90 Å². The molecule has 0 aliphatic heterocycles. The van der Waals surface area contributed by atoms with Crippen molar-refractivity contribution in [1.29, 1.82) is 0 Å². The largest absolute Gasteiger partial charge is 0.357 e. The minimum atomic E-state index is 0.0269. The Balaban J connectivity index is 3.26. The molecule has 0 fully saturated rings. The van der Waals surface area contributed by atoms with E-state index in [1.807, 2.05) is 0 Å². The zero-order chi connectivity index (χ0) is 19.6. The molecule has 138 valence electrons. The van der Waals surface area contributed by atoms with Crippen LogP contribution in [0.5, 0.6) is 0 Å². The average molecular weight is 341 g/mol. The molecule has 0 atom stereocenters. The fourth-order valence-corrected chi connectivity index (χ4v) is 2.17. The predicted molar refractivity (Wildman–Crippen MR) is 114 cm³/mol. The van der Waals surface area contributed by atoms with Crippen molar-refractivity contribution >= 4 is 18.3 Å². The molecule has 0 aliphatic carbocycles. The summed E-state index contributed by atoms with van der Waals surface area (Å²) in [5, 5.41) is 2.17. The van der Waals surface area contributed by atoms with Crippen molar-refractivity contribution in [2.75, 3.05) is 19.0 Å². The maximum absolute atomic E-state index is 4.27. The van der Waals surface area contributed by atoms with E-state index >= 15 is 0 Å². The van der Waals surface area contributed by atoms with Gasteiger partial charge < -0.3 is 9.80 Å². The first-order chi connectivity index (χ1) is 11.2. The third kappa shape index (κ3) is 5.52. The molecule has 0 spiro atoms. The number of rotatable bonds is 4. The first-order valence-corrected chi connectivity index (χ1v) is 8.89. The Labute approximate surface area is 154 Å². The summed E-state index contributed by atoms with van der Waals surface area (Å²) >= 11 is 0. The summed E-state index contributed by atoms with van der Waals surface area (Å²) in [5.74, 6) is 0.969. The van der Waals surface area contributed by atoms with Gasteiger partial charge in [-0.1, -0.05) is 57.7 Å². The van der Waals surface area contributed by atoms with Gasteiger partial charge in [0.15, 0.2) is 0 Å². The maximum Gasteiger partial charge on any atom is 0.101 e. The third-order valence-corrected chi connectivity index (χ3v) is 4.99. The van der Waals surface area contributed by atoms with E-state index in [1.54, 1.807) is 0 Å². The lowest BCUT2D eigenvalue weighted by atomic mass is 9.87. The van der Waals surface area contributed by atoms with Crippen LogP contribution in [-0.2, 0) is 0 Å². The smallest absolute Gasteiger partial charge is 0.101 e. The second-order valence-corrected chi connectivity index (χ2v) is 8.85. The SMILES string of the molecule is C=C(N(C)c1ccc(=C)/c(=C\C=C(/C)C(C)(C)C)c1)N(C)C(C)(C)C.